The van der Waals surface area contributed by atoms with Gasteiger partial charge in [-0.05, 0) is 24.7 Å². The summed E-state index contributed by atoms with van der Waals surface area (Å²) in [4.78, 5) is 4.84. The van der Waals surface area contributed by atoms with E-state index in [0.717, 1.165) is 31.9 Å². The van der Waals surface area contributed by atoms with Crippen LogP contribution in [0, 0.1) is 0 Å². The average Bonchev–Trinajstić information content (AvgIpc) is 2.52. The van der Waals surface area contributed by atoms with E-state index in [1.54, 1.807) is 6.07 Å². The van der Waals surface area contributed by atoms with Gasteiger partial charge in [0.1, 0.15) is 0 Å². The van der Waals surface area contributed by atoms with Gasteiger partial charge in [-0.25, -0.2) is 0 Å². The zero-order valence-corrected chi connectivity index (χ0v) is 12.9. The monoisotopic (exact) mass is 302 g/mol. The maximum Gasteiger partial charge on any atom is 0.151 e. The van der Waals surface area contributed by atoms with E-state index in [1.165, 1.54) is 5.56 Å². The summed E-state index contributed by atoms with van der Waals surface area (Å²) in [5.41, 5.74) is 2.32. The van der Waals surface area contributed by atoms with Gasteiger partial charge in [-0.1, -0.05) is 41.9 Å². The Balaban J connectivity index is 1.79. The highest BCUT2D eigenvalue weighted by atomic mass is 35.5. The standard InChI is InChI=1S/C16H19ClN4/c1-20-9-10-21(11-14-7-8-16(17)19-18-14)15(12-20)13-5-3-2-4-6-13/h2-8,15H,9-12H2,1H3. The third-order valence-electron chi connectivity index (χ3n) is 3.93. The minimum absolute atomic E-state index is 0.391. The van der Waals surface area contributed by atoms with Gasteiger partial charge < -0.3 is 4.90 Å². The molecule has 1 fully saturated rings. The molecule has 0 aliphatic carbocycles. The van der Waals surface area contributed by atoms with Crippen LogP contribution in [-0.2, 0) is 6.54 Å². The summed E-state index contributed by atoms with van der Waals surface area (Å²) >= 11 is 5.80. The van der Waals surface area contributed by atoms with Gasteiger partial charge in [0.05, 0.1) is 5.69 Å². The highest BCUT2D eigenvalue weighted by Gasteiger charge is 2.26. The summed E-state index contributed by atoms with van der Waals surface area (Å²) in [6.07, 6.45) is 0. The summed E-state index contributed by atoms with van der Waals surface area (Å²) in [5, 5.41) is 8.56. The molecule has 1 aromatic heterocycles. The van der Waals surface area contributed by atoms with Gasteiger partial charge in [-0.15, -0.1) is 5.10 Å². The predicted molar refractivity (Wildman–Crippen MR) is 84.1 cm³/mol. The van der Waals surface area contributed by atoms with Crippen LogP contribution < -0.4 is 0 Å². The molecular formula is C16H19ClN4. The lowest BCUT2D eigenvalue weighted by Crippen LogP contribution is -2.46. The second-order valence-corrected chi connectivity index (χ2v) is 5.89. The quantitative estimate of drug-likeness (QED) is 0.872. The van der Waals surface area contributed by atoms with Crippen molar-refractivity contribution in [1.29, 1.82) is 0 Å². The molecule has 1 atom stereocenters. The fourth-order valence-electron chi connectivity index (χ4n) is 2.77. The van der Waals surface area contributed by atoms with Gasteiger partial charge in [-0.2, -0.15) is 5.10 Å². The molecule has 1 saturated heterocycles. The van der Waals surface area contributed by atoms with Crippen LogP contribution in [0.2, 0.25) is 5.15 Å². The van der Waals surface area contributed by atoms with E-state index in [9.17, 15) is 0 Å². The number of aromatic nitrogens is 2. The lowest BCUT2D eigenvalue weighted by molar-refractivity contribution is 0.0820. The summed E-state index contributed by atoms with van der Waals surface area (Å²) < 4.78 is 0. The minimum Gasteiger partial charge on any atom is -0.303 e. The zero-order chi connectivity index (χ0) is 14.7. The van der Waals surface area contributed by atoms with Gasteiger partial charge in [-0.3, -0.25) is 4.90 Å². The van der Waals surface area contributed by atoms with Crippen LogP contribution in [0.25, 0.3) is 0 Å². The largest absolute Gasteiger partial charge is 0.303 e. The van der Waals surface area contributed by atoms with E-state index in [1.807, 2.05) is 6.07 Å². The number of rotatable bonds is 3. The highest BCUT2D eigenvalue weighted by Crippen LogP contribution is 2.26. The van der Waals surface area contributed by atoms with Crippen molar-refractivity contribution in [2.45, 2.75) is 12.6 Å². The number of piperazine rings is 1. The third-order valence-corrected chi connectivity index (χ3v) is 4.13. The molecule has 4 nitrogen and oxygen atoms in total. The van der Waals surface area contributed by atoms with Gasteiger partial charge in [0.2, 0.25) is 0 Å². The van der Waals surface area contributed by atoms with Crippen molar-refractivity contribution in [2.24, 2.45) is 0 Å². The van der Waals surface area contributed by atoms with E-state index in [4.69, 9.17) is 11.6 Å². The Morgan fingerprint density at radius 3 is 2.62 bits per heavy atom. The molecule has 2 heterocycles. The second-order valence-electron chi connectivity index (χ2n) is 5.51. The maximum absolute atomic E-state index is 5.80. The van der Waals surface area contributed by atoms with Crippen molar-refractivity contribution in [3.63, 3.8) is 0 Å². The van der Waals surface area contributed by atoms with Crippen molar-refractivity contribution < 1.29 is 0 Å². The normalized spacial score (nSPS) is 20.6. The highest BCUT2D eigenvalue weighted by molar-refractivity contribution is 6.29. The lowest BCUT2D eigenvalue weighted by Gasteiger charge is -2.40. The molecule has 0 bridgehead atoms. The van der Waals surface area contributed by atoms with Crippen LogP contribution in [0.1, 0.15) is 17.3 Å². The molecule has 5 heteroatoms. The smallest absolute Gasteiger partial charge is 0.151 e. The van der Waals surface area contributed by atoms with Crippen molar-refractivity contribution in [2.75, 3.05) is 26.7 Å². The summed E-state index contributed by atoms with van der Waals surface area (Å²) in [5.74, 6) is 0. The Morgan fingerprint density at radius 2 is 1.90 bits per heavy atom. The molecule has 110 valence electrons. The van der Waals surface area contributed by atoms with E-state index in [-0.39, 0.29) is 0 Å². The lowest BCUT2D eigenvalue weighted by atomic mass is 10.0. The Kier molecular flexibility index (Phi) is 4.48. The third kappa shape index (κ3) is 3.59. The van der Waals surface area contributed by atoms with Crippen LogP contribution in [0.4, 0.5) is 0 Å². The Labute approximate surface area is 130 Å². The summed E-state index contributed by atoms with van der Waals surface area (Å²) in [6.45, 7) is 3.94. The van der Waals surface area contributed by atoms with E-state index < -0.39 is 0 Å². The Morgan fingerprint density at radius 1 is 1.10 bits per heavy atom. The Bertz CT molecular complexity index is 573. The molecule has 1 aromatic carbocycles. The van der Waals surface area contributed by atoms with E-state index in [0.29, 0.717) is 11.2 Å². The fraction of sp³-hybridized carbons (Fsp3) is 0.375. The van der Waals surface area contributed by atoms with Crippen LogP contribution in [0.3, 0.4) is 0 Å². The first-order valence-electron chi connectivity index (χ1n) is 7.18. The number of likely N-dealkylation sites (N-methyl/N-ethyl adjacent to an activating group) is 1. The molecule has 2 aromatic rings. The molecule has 3 rings (SSSR count). The number of hydrogen-bond acceptors (Lipinski definition) is 4. The number of halogens is 1. The second kappa shape index (κ2) is 6.52. The minimum atomic E-state index is 0.391. The summed E-state index contributed by atoms with van der Waals surface area (Å²) in [6, 6.07) is 14.8. The fourth-order valence-corrected chi connectivity index (χ4v) is 2.87. The molecule has 0 spiro atoms. The van der Waals surface area contributed by atoms with E-state index >= 15 is 0 Å². The van der Waals surface area contributed by atoms with Gasteiger partial charge >= 0.3 is 0 Å². The maximum atomic E-state index is 5.80. The van der Waals surface area contributed by atoms with Gasteiger partial charge in [0.25, 0.3) is 0 Å². The predicted octanol–water partition coefficient (Wildman–Crippen LogP) is 2.62. The van der Waals surface area contributed by atoms with Crippen molar-refractivity contribution in [1.82, 2.24) is 20.0 Å². The first-order valence-corrected chi connectivity index (χ1v) is 7.56. The summed E-state index contributed by atoms with van der Waals surface area (Å²) in [7, 11) is 2.18. The van der Waals surface area contributed by atoms with Crippen LogP contribution >= 0.6 is 11.6 Å². The number of benzene rings is 1. The molecule has 1 aliphatic heterocycles. The number of hydrogen-bond donors (Lipinski definition) is 0. The first kappa shape index (κ1) is 14.4. The van der Waals surface area contributed by atoms with Crippen LogP contribution in [0.15, 0.2) is 42.5 Å². The van der Waals surface area contributed by atoms with Crippen molar-refractivity contribution in [3.05, 3.63) is 58.9 Å². The first-order chi connectivity index (χ1) is 10.2. The molecule has 0 N–H and O–H groups in total. The van der Waals surface area contributed by atoms with Gasteiger partial charge in [0.15, 0.2) is 5.15 Å². The molecule has 0 amide bonds. The zero-order valence-electron chi connectivity index (χ0n) is 12.1. The molecule has 0 saturated carbocycles. The molecule has 1 unspecified atom stereocenters. The van der Waals surface area contributed by atoms with Crippen molar-refractivity contribution >= 4 is 11.6 Å². The van der Waals surface area contributed by atoms with E-state index in [2.05, 4.69) is 57.4 Å². The molecule has 0 radical (unpaired) electrons. The topological polar surface area (TPSA) is 32.3 Å². The molecule has 21 heavy (non-hydrogen) atoms. The Hall–Kier alpha value is -1.49. The average molecular weight is 303 g/mol. The number of nitrogens with zero attached hydrogens (tertiary/aromatic N) is 4. The van der Waals surface area contributed by atoms with Crippen molar-refractivity contribution in [3.8, 4) is 0 Å². The molecular weight excluding hydrogens is 284 g/mol. The van der Waals surface area contributed by atoms with Crippen LogP contribution in [-0.4, -0.2) is 46.7 Å². The molecule has 1 aliphatic rings. The van der Waals surface area contributed by atoms with Crippen LogP contribution in [0.5, 0.6) is 0 Å². The van der Waals surface area contributed by atoms with Gasteiger partial charge in [0, 0.05) is 32.2 Å². The SMILES string of the molecule is CN1CCN(Cc2ccc(Cl)nn2)C(c2ccccc2)C1.